The van der Waals surface area contributed by atoms with Crippen molar-refractivity contribution in [2.75, 3.05) is 26.2 Å². The summed E-state index contributed by atoms with van der Waals surface area (Å²) in [6.07, 6.45) is 7.43. The molecule has 0 aromatic heterocycles. The Morgan fingerprint density at radius 3 is 2.50 bits per heavy atom. The first-order chi connectivity index (χ1) is 10.7. The van der Waals surface area contributed by atoms with Gasteiger partial charge >= 0.3 is 6.03 Å². The van der Waals surface area contributed by atoms with Crippen LogP contribution in [0.4, 0.5) is 4.79 Å². The predicted molar refractivity (Wildman–Crippen MR) is 84.5 cm³/mol. The third-order valence-electron chi connectivity index (χ3n) is 5.17. The molecule has 1 aliphatic carbocycles. The number of piperidine rings is 1. The highest BCUT2D eigenvalue weighted by Crippen LogP contribution is 2.20. The zero-order chi connectivity index (χ0) is 15.4. The van der Waals surface area contributed by atoms with Crippen LogP contribution in [0, 0.1) is 5.92 Å². The molecule has 6 nitrogen and oxygen atoms in total. The molecule has 6 heteroatoms. The van der Waals surface area contributed by atoms with Crippen LogP contribution in [0.3, 0.4) is 0 Å². The fourth-order valence-electron chi connectivity index (χ4n) is 3.81. The van der Waals surface area contributed by atoms with Gasteiger partial charge in [0.05, 0.1) is 5.92 Å². The third kappa shape index (κ3) is 3.91. The van der Waals surface area contributed by atoms with E-state index in [0.29, 0.717) is 12.6 Å². The van der Waals surface area contributed by atoms with Gasteiger partial charge in [0.25, 0.3) is 0 Å². The molecule has 3 rings (SSSR count). The maximum Gasteiger partial charge on any atom is 0.317 e. The molecule has 3 fully saturated rings. The summed E-state index contributed by atoms with van der Waals surface area (Å²) in [5.74, 6) is 0.0655. The molecule has 0 spiro atoms. The second kappa shape index (κ2) is 7.31. The number of hydrogen-bond donors (Lipinski definition) is 3. The molecule has 0 bridgehead atoms. The smallest absolute Gasteiger partial charge is 0.317 e. The van der Waals surface area contributed by atoms with E-state index in [9.17, 15) is 9.59 Å². The van der Waals surface area contributed by atoms with Gasteiger partial charge in [0, 0.05) is 31.7 Å². The summed E-state index contributed by atoms with van der Waals surface area (Å²) in [5.41, 5.74) is 0. The summed E-state index contributed by atoms with van der Waals surface area (Å²) in [6, 6.07) is 0.619. The zero-order valence-corrected chi connectivity index (χ0v) is 13.3. The normalized spacial score (nSPS) is 29.5. The van der Waals surface area contributed by atoms with Crippen LogP contribution in [0.2, 0.25) is 0 Å². The Labute approximate surface area is 132 Å². The minimum Gasteiger partial charge on any atom is -0.352 e. The van der Waals surface area contributed by atoms with Crippen molar-refractivity contribution in [2.45, 2.75) is 57.0 Å². The van der Waals surface area contributed by atoms with Crippen molar-refractivity contribution in [3.05, 3.63) is 0 Å². The molecular weight excluding hydrogens is 280 g/mol. The molecule has 2 aliphatic heterocycles. The molecule has 0 aromatic carbocycles. The van der Waals surface area contributed by atoms with Gasteiger partial charge in [0.1, 0.15) is 0 Å². The van der Waals surface area contributed by atoms with Gasteiger partial charge in [0.2, 0.25) is 5.91 Å². The molecule has 0 aromatic rings. The fourth-order valence-corrected chi connectivity index (χ4v) is 3.81. The molecule has 3 N–H and O–H groups in total. The quantitative estimate of drug-likeness (QED) is 0.723. The Morgan fingerprint density at radius 2 is 1.77 bits per heavy atom. The average Bonchev–Trinajstić information content (AvgIpc) is 3.21. The van der Waals surface area contributed by atoms with Crippen LogP contribution in [-0.2, 0) is 4.79 Å². The predicted octanol–water partition coefficient (Wildman–Crippen LogP) is 0.829. The largest absolute Gasteiger partial charge is 0.352 e. The van der Waals surface area contributed by atoms with Crippen molar-refractivity contribution in [3.63, 3.8) is 0 Å². The van der Waals surface area contributed by atoms with Crippen molar-refractivity contribution in [2.24, 2.45) is 5.92 Å². The van der Waals surface area contributed by atoms with Crippen LogP contribution in [0.5, 0.6) is 0 Å². The Morgan fingerprint density at radius 1 is 0.955 bits per heavy atom. The summed E-state index contributed by atoms with van der Waals surface area (Å²) in [4.78, 5) is 26.5. The lowest BCUT2D eigenvalue weighted by atomic mass is 9.97. The first-order valence-electron chi connectivity index (χ1n) is 8.79. The lowest BCUT2D eigenvalue weighted by Crippen LogP contribution is -2.51. The van der Waals surface area contributed by atoms with Crippen LogP contribution >= 0.6 is 0 Å². The van der Waals surface area contributed by atoms with Crippen molar-refractivity contribution < 1.29 is 9.59 Å². The zero-order valence-electron chi connectivity index (χ0n) is 13.3. The van der Waals surface area contributed by atoms with Gasteiger partial charge in [-0.2, -0.15) is 0 Å². The molecule has 3 aliphatic rings. The lowest BCUT2D eigenvalue weighted by molar-refractivity contribution is -0.126. The first kappa shape index (κ1) is 15.6. The molecular formula is C16H28N4O2. The summed E-state index contributed by atoms with van der Waals surface area (Å²) in [5, 5.41) is 9.51. The number of rotatable bonds is 3. The van der Waals surface area contributed by atoms with E-state index in [1.807, 2.05) is 4.90 Å². The molecule has 22 heavy (non-hydrogen) atoms. The molecule has 0 radical (unpaired) electrons. The van der Waals surface area contributed by atoms with Crippen LogP contribution < -0.4 is 16.0 Å². The molecule has 124 valence electrons. The molecule has 3 amide bonds. The van der Waals surface area contributed by atoms with Gasteiger partial charge in [-0.05, 0) is 38.6 Å². The Hall–Kier alpha value is -1.30. The minimum atomic E-state index is -0.0521. The highest BCUT2D eigenvalue weighted by Gasteiger charge is 2.31. The Kier molecular flexibility index (Phi) is 5.18. The second-order valence-electron chi connectivity index (χ2n) is 6.91. The number of amides is 3. The van der Waals surface area contributed by atoms with E-state index in [1.54, 1.807) is 0 Å². The SMILES string of the molecule is O=C(NC1CCNC1)C1CCCN(C(=O)NC2CCCC2)C1. The van der Waals surface area contributed by atoms with Gasteiger partial charge in [0.15, 0.2) is 0 Å². The van der Waals surface area contributed by atoms with Crippen LogP contribution in [0.1, 0.15) is 44.9 Å². The third-order valence-corrected chi connectivity index (χ3v) is 5.17. The van der Waals surface area contributed by atoms with Crippen LogP contribution in [0.15, 0.2) is 0 Å². The number of nitrogens with zero attached hydrogens (tertiary/aromatic N) is 1. The summed E-state index contributed by atoms with van der Waals surface area (Å²) in [7, 11) is 0. The van der Waals surface area contributed by atoms with Crippen LogP contribution in [0.25, 0.3) is 0 Å². The van der Waals surface area contributed by atoms with Crippen molar-refractivity contribution in [1.29, 1.82) is 0 Å². The summed E-state index contributed by atoms with van der Waals surface area (Å²) in [6.45, 7) is 3.17. The van der Waals surface area contributed by atoms with Crippen molar-refractivity contribution in [1.82, 2.24) is 20.9 Å². The van der Waals surface area contributed by atoms with E-state index < -0.39 is 0 Å². The summed E-state index contributed by atoms with van der Waals surface area (Å²) < 4.78 is 0. The number of hydrogen-bond acceptors (Lipinski definition) is 3. The number of nitrogens with one attached hydrogen (secondary N) is 3. The molecule has 2 atom stereocenters. The maximum absolute atomic E-state index is 12.4. The average molecular weight is 308 g/mol. The minimum absolute atomic E-state index is 0.0203. The number of likely N-dealkylation sites (tertiary alicyclic amines) is 1. The second-order valence-corrected chi connectivity index (χ2v) is 6.91. The van der Waals surface area contributed by atoms with E-state index in [-0.39, 0.29) is 23.9 Å². The van der Waals surface area contributed by atoms with Gasteiger partial charge in [-0.1, -0.05) is 12.8 Å². The Balaban J connectivity index is 1.47. The highest BCUT2D eigenvalue weighted by molar-refractivity contribution is 5.81. The first-order valence-corrected chi connectivity index (χ1v) is 8.79. The van der Waals surface area contributed by atoms with Crippen molar-refractivity contribution >= 4 is 11.9 Å². The van der Waals surface area contributed by atoms with Gasteiger partial charge in [-0.3, -0.25) is 4.79 Å². The maximum atomic E-state index is 12.4. The van der Waals surface area contributed by atoms with E-state index in [1.165, 1.54) is 12.8 Å². The fraction of sp³-hybridized carbons (Fsp3) is 0.875. The standard InChI is InChI=1S/C16H28N4O2/c21-15(18-14-7-8-17-10-14)12-4-3-9-20(11-12)16(22)19-13-5-1-2-6-13/h12-14,17H,1-11H2,(H,18,21)(H,19,22). The van der Waals surface area contributed by atoms with E-state index >= 15 is 0 Å². The highest BCUT2D eigenvalue weighted by atomic mass is 16.2. The number of urea groups is 1. The van der Waals surface area contributed by atoms with Gasteiger partial charge < -0.3 is 20.9 Å². The monoisotopic (exact) mass is 308 g/mol. The summed E-state index contributed by atoms with van der Waals surface area (Å²) >= 11 is 0. The van der Waals surface area contributed by atoms with Gasteiger partial charge in [-0.15, -0.1) is 0 Å². The van der Waals surface area contributed by atoms with E-state index in [0.717, 1.165) is 51.7 Å². The van der Waals surface area contributed by atoms with E-state index in [4.69, 9.17) is 0 Å². The number of carbonyl (C=O) groups is 2. The van der Waals surface area contributed by atoms with Crippen molar-refractivity contribution in [3.8, 4) is 0 Å². The topological polar surface area (TPSA) is 73.5 Å². The molecule has 1 saturated carbocycles. The van der Waals surface area contributed by atoms with Crippen LogP contribution in [-0.4, -0.2) is 55.1 Å². The van der Waals surface area contributed by atoms with Gasteiger partial charge in [-0.25, -0.2) is 4.79 Å². The molecule has 2 saturated heterocycles. The van der Waals surface area contributed by atoms with E-state index in [2.05, 4.69) is 16.0 Å². The molecule has 2 heterocycles. The Bertz CT molecular complexity index is 367. The molecule has 2 unspecified atom stereocenters. The number of carbonyl (C=O) groups excluding carboxylic acids is 2. The lowest BCUT2D eigenvalue weighted by Gasteiger charge is -2.33.